The Hall–Kier alpha value is -1.00. The highest BCUT2D eigenvalue weighted by molar-refractivity contribution is 5.17. The van der Waals surface area contributed by atoms with Crippen LogP contribution >= 0.6 is 0 Å². The van der Waals surface area contributed by atoms with Gasteiger partial charge in [0.15, 0.2) is 11.6 Å². The number of hydrogen-bond donors (Lipinski definition) is 2. The van der Waals surface area contributed by atoms with Crippen LogP contribution in [-0.4, -0.2) is 19.6 Å². The monoisotopic (exact) mass is 256 g/mol. The van der Waals surface area contributed by atoms with Gasteiger partial charge >= 0.3 is 0 Å². The highest BCUT2D eigenvalue weighted by atomic mass is 19.2. The van der Waals surface area contributed by atoms with Gasteiger partial charge < -0.3 is 11.1 Å². The van der Waals surface area contributed by atoms with Crippen molar-refractivity contribution >= 4 is 0 Å². The summed E-state index contributed by atoms with van der Waals surface area (Å²) in [6.07, 6.45) is 0.687. The number of rotatable bonds is 7. The molecule has 1 atom stereocenters. The molecule has 0 aliphatic rings. The molecule has 0 spiro atoms. The SMILES string of the molecule is CC(C)C(CN)CNCCc1ccc(F)c(F)c1. The van der Waals surface area contributed by atoms with Crippen molar-refractivity contribution in [2.24, 2.45) is 17.6 Å². The normalized spacial score (nSPS) is 13.0. The molecule has 0 aliphatic heterocycles. The van der Waals surface area contributed by atoms with Crippen molar-refractivity contribution < 1.29 is 8.78 Å². The summed E-state index contributed by atoms with van der Waals surface area (Å²) in [4.78, 5) is 0. The van der Waals surface area contributed by atoms with E-state index in [1.807, 2.05) is 0 Å². The number of nitrogens with two attached hydrogens (primary N) is 1. The van der Waals surface area contributed by atoms with Crippen LogP contribution in [0.25, 0.3) is 0 Å². The minimum absolute atomic E-state index is 0.454. The Bertz CT molecular complexity index is 367. The summed E-state index contributed by atoms with van der Waals surface area (Å²) >= 11 is 0. The van der Waals surface area contributed by atoms with Gasteiger partial charge in [0.05, 0.1) is 0 Å². The molecule has 3 N–H and O–H groups in total. The molecule has 0 aliphatic carbocycles. The van der Waals surface area contributed by atoms with Crippen molar-refractivity contribution in [3.63, 3.8) is 0 Å². The average Bonchev–Trinajstić information content (AvgIpc) is 2.33. The first kappa shape index (κ1) is 15.1. The molecule has 4 heteroatoms. The molecule has 2 nitrogen and oxygen atoms in total. The largest absolute Gasteiger partial charge is 0.330 e. The summed E-state index contributed by atoms with van der Waals surface area (Å²) in [6, 6.07) is 4.03. The van der Waals surface area contributed by atoms with Gasteiger partial charge in [-0.05, 0) is 55.6 Å². The van der Waals surface area contributed by atoms with E-state index >= 15 is 0 Å². The van der Waals surface area contributed by atoms with Crippen LogP contribution in [0.3, 0.4) is 0 Å². The average molecular weight is 256 g/mol. The van der Waals surface area contributed by atoms with Gasteiger partial charge in [0.2, 0.25) is 0 Å². The minimum Gasteiger partial charge on any atom is -0.330 e. The lowest BCUT2D eigenvalue weighted by Crippen LogP contribution is -2.32. The lowest BCUT2D eigenvalue weighted by atomic mass is 9.96. The first-order chi connectivity index (χ1) is 8.54. The van der Waals surface area contributed by atoms with E-state index in [9.17, 15) is 8.78 Å². The van der Waals surface area contributed by atoms with E-state index in [4.69, 9.17) is 5.73 Å². The third kappa shape index (κ3) is 4.70. The minimum atomic E-state index is -0.797. The zero-order chi connectivity index (χ0) is 13.5. The second-order valence-corrected chi connectivity index (χ2v) is 4.94. The van der Waals surface area contributed by atoms with E-state index < -0.39 is 11.6 Å². The van der Waals surface area contributed by atoms with E-state index in [2.05, 4.69) is 19.2 Å². The predicted molar refractivity (Wildman–Crippen MR) is 70.3 cm³/mol. The van der Waals surface area contributed by atoms with Crippen molar-refractivity contribution in [3.05, 3.63) is 35.4 Å². The molecular weight excluding hydrogens is 234 g/mol. The number of benzene rings is 1. The Kier molecular flexibility index (Phi) is 6.22. The maximum Gasteiger partial charge on any atom is 0.159 e. The highest BCUT2D eigenvalue weighted by Crippen LogP contribution is 2.09. The molecule has 1 unspecified atom stereocenters. The summed E-state index contributed by atoms with van der Waals surface area (Å²) in [6.45, 7) is 6.56. The van der Waals surface area contributed by atoms with Gasteiger partial charge in [-0.15, -0.1) is 0 Å². The molecule has 1 aromatic rings. The van der Waals surface area contributed by atoms with Crippen molar-refractivity contribution in [1.29, 1.82) is 0 Å². The summed E-state index contributed by atoms with van der Waals surface area (Å²) in [5.41, 5.74) is 6.47. The number of nitrogens with one attached hydrogen (secondary N) is 1. The summed E-state index contributed by atoms with van der Waals surface area (Å²) < 4.78 is 25.7. The van der Waals surface area contributed by atoms with Gasteiger partial charge in [-0.1, -0.05) is 19.9 Å². The molecular formula is C14H22F2N2. The Balaban J connectivity index is 2.31. The summed E-state index contributed by atoms with van der Waals surface area (Å²) in [5, 5.41) is 3.30. The van der Waals surface area contributed by atoms with E-state index in [0.29, 0.717) is 24.8 Å². The van der Waals surface area contributed by atoms with E-state index in [1.165, 1.54) is 12.1 Å². The lowest BCUT2D eigenvalue weighted by molar-refractivity contribution is 0.372. The molecule has 0 amide bonds. The van der Waals surface area contributed by atoms with Crippen LogP contribution in [0.1, 0.15) is 19.4 Å². The van der Waals surface area contributed by atoms with Crippen LogP contribution in [0.2, 0.25) is 0 Å². The Labute approximate surface area is 108 Å². The zero-order valence-electron chi connectivity index (χ0n) is 11.0. The van der Waals surface area contributed by atoms with Gasteiger partial charge in [-0.25, -0.2) is 8.78 Å². The van der Waals surface area contributed by atoms with Crippen LogP contribution in [0.15, 0.2) is 18.2 Å². The Morgan fingerprint density at radius 1 is 1.22 bits per heavy atom. The smallest absolute Gasteiger partial charge is 0.159 e. The van der Waals surface area contributed by atoms with Gasteiger partial charge in [-0.2, -0.15) is 0 Å². The van der Waals surface area contributed by atoms with Crippen LogP contribution in [-0.2, 0) is 6.42 Å². The lowest BCUT2D eigenvalue weighted by Gasteiger charge is -2.19. The molecule has 1 aromatic carbocycles. The van der Waals surface area contributed by atoms with E-state index in [-0.39, 0.29) is 0 Å². The quantitative estimate of drug-likeness (QED) is 0.735. The second-order valence-electron chi connectivity index (χ2n) is 4.94. The standard InChI is InChI=1S/C14H22F2N2/c1-10(2)12(8-17)9-18-6-5-11-3-4-13(15)14(16)7-11/h3-4,7,10,12,18H,5-6,8-9,17H2,1-2H3. The van der Waals surface area contributed by atoms with Gasteiger partial charge in [0, 0.05) is 0 Å². The van der Waals surface area contributed by atoms with Gasteiger partial charge in [0.1, 0.15) is 0 Å². The topological polar surface area (TPSA) is 38.0 Å². The highest BCUT2D eigenvalue weighted by Gasteiger charge is 2.10. The summed E-state index contributed by atoms with van der Waals surface area (Å²) in [5.74, 6) is -0.579. The van der Waals surface area contributed by atoms with Crippen LogP contribution in [0.4, 0.5) is 8.78 Å². The first-order valence-corrected chi connectivity index (χ1v) is 6.39. The number of halogens is 2. The fourth-order valence-corrected chi connectivity index (χ4v) is 1.81. The second kappa shape index (κ2) is 7.44. The third-order valence-corrected chi connectivity index (χ3v) is 3.23. The van der Waals surface area contributed by atoms with Crippen molar-refractivity contribution in [1.82, 2.24) is 5.32 Å². The van der Waals surface area contributed by atoms with Crippen molar-refractivity contribution in [2.75, 3.05) is 19.6 Å². The van der Waals surface area contributed by atoms with Crippen LogP contribution in [0, 0.1) is 23.5 Å². The van der Waals surface area contributed by atoms with Gasteiger partial charge in [0.25, 0.3) is 0 Å². The maximum absolute atomic E-state index is 13.0. The van der Waals surface area contributed by atoms with E-state index in [1.54, 1.807) is 6.07 Å². The van der Waals surface area contributed by atoms with Crippen molar-refractivity contribution in [2.45, 2.75) is 20.3 Å². The maximum atomic E-state index is 13.0. The Morgan fingerprint density at radius 3 is 2.50 bits per heavy atom. The van der Waals surface area contributed by atoms with Gasteiger partial charge in [-0.3, -0.25) is 0 Å². The summed E-state index contributed by atoms with van der Waals surface area (Å²) in [7, 11) is 0. The van der Waals surface area contributed by atoms with Crippen LogP contribution < -0.4 is 11.1 Å². The molecule has 0 radical (unpaired) electrons. The fourth-order valence-electron chi connectivity index (χ4n) is 1.81. The van der Waals surface area contributed by atoms with E-state index in [0.717, 1.165) is 18.7 Å². The third-order valence-electron chi connectivity index (χ3n) is 3.23. The molecule has 0 aromatic heterocycles. The zero-order valence-corrected chi connectivity index (χ0v) is 11.0. The van der Waals surface area contributed by atoms with Crippen LogP contribution in [0.5, 0.6) is 0 Å². The molecule has 102 valence electrons. The number of hydrogen-bond acceptors (Lipinski definition) is 2. The molecule has 0 heterocycles. The molecule has 0 bridgehead atoms. The molecule has 18 heavy (non-hydrogen) atoms. The molecule has 0 fully saturated rings. The Morgan fingerprint density at radius 2 is 1.94 bits per heavy atom. The molecule has 0 saturated heterocycles. The predicted octanol–water partition coefficient (Wildman–Crippen LogP) is 2.33. The fraction of sp³-hybridized carbons (Fsp3) is 0.571. The van der Waals surface area contributed by atoms with Crippen molar-refractivity contribution in [3.8, 4) is 0 Å². The molecule has 1 rings (SSSR count). The first-order valence-electron chi connectivity index (χ1n) is 6.39. The molecule has 0 saturated carbocycles.